The third kappa shape index (κ3) is 4.75. The molecule has 1 amide bonds. The molecular weight excluding hydrogens is 333 g/mol. The van der Waals surface area contributed by atoms with Gasteiger partial charge in [0, 0.05) is 32.2 Å². The summed E-state index contributed by atoms with van der Waals surface area (Å²) in [5.41, 5.74) is 0.939. The monoisotopic (exact) mass is 357 g/mol. The molecule has 0 aliphatic carbocycles. The van der Waals surface area contributed by atoms with E-state index in [4.69, 9.17) is 0 Å². The van der Waals surface area contributed by atoms with Gasteiger partial charge in [-0.25, -0.2) is 12.8 Å². The SMILES string of the molecule is CC(c1ccc(F)cc1)N(C)CC(=O)N1CCN(S(C)(=O)=O)CC1. The van der Waals surface area contributed by atoms with Crippen LogP contribution >= 0.6 is 0 Å². The van der Waals surface area contributed by atoms with Crippen LogP contribution in [-0.2, 0) is 14.8 Å². The van der Waals surface area contributed by atoms with Crippen molar-refractivity contribution in [1.29, 1.82) is 0 Å². The van der Waals surface area contributed by atoms with Gasteiger partial charge in [0.2, 0.25) is 15.9 Å². The number of likely N-dealkylation sites (N-methyl/N-ethyl adjacent to an activating group) is 1. The summed E-state index contributed by atoms with van der Waals surface area (Å²) in [6.07, 6.45) is 1.18. The molecule has 1 aromatic carbocycles. The molecule has 1 aliphatic rings. The molecule has 2 rings (SSSR count). The molecule has 134 valence electrons. The Kier molecular flexibility index (Phi) is 5.95. The molecule has 1 heterocycles. The van der Waals surface area contributed by atoms with E-state index in [0.29, 0.717) is 26.2 Å². The standard InChI is InChI=1S/C16H24FN3O3S/c1-13(14-4-6-15(17)7-5-14)18(2)12-16(21)19-8-10-20(11-9-19)24(3,22)23/h4-7,13H,8-12H2,1-3H3. The molecule has 1 saturated heterocycles. The van der Waals surface area contributed by atoms with E-state index in [0.717, 1.165) is 5.56 Å². The van der Waals surface area contributed by atoms with Gasteiger partial charge in [-0.3, -0.25) is 9.69 Å². The second-order valence-electron chi connectivity index (χ2n) is 6.19. The number of rotatable bonds is 5. The molecule has 1 aliphatic heterocycles. The number of carbonyl (C=O) groups excluding carboxylic acids is 1. The number of halogens is 1. The second-order valence-corrected chi connectivity index (χ2v) is 8.17. The molecule has 24 heavy (non-hydrogen) atoms. The number of carbonyl (C=O) groups is 1. The average molecular weight is 357 g/mol. The number of amides is 1. The first-order valence-electron chi connectivity index (χ1n) is 7.87. The lowest BCUT2D eigenvalue weighted by atomic mass is 10.1. The number of piperazine rings is 1. The lowest BCUT2D eigenvalue weighted by molar-refractivity contribution is -0.133. The van der Waals surface area contributed by atoms with Crippen LogP contribution in [0, 0.1) is 5.82 Å². The first-order valence-corrected chi connectivity index (χ1v) is 9.72. The Morgan fingerprint density at radius 3 is 2.25 bits per heavy atom. The molecule has 0 N–H and O–H groups in total. The highest BCUT2D eigenvalue weighted by atomic mass is 32.2. The third-order valence-electron chi connectivity index (χ3n) is 4.46. The summed E-state index contributed by atoms with van der Waals surface area (Å²) in [5, 5.41) is 0. The minimum Gasteiger partial charge on any atom is -0.339 e. The quantitative estimate of drug-likeness (QED) is 0.786. The molecule has 1 unspecified atom stereocenters. The van der Waals surface area contributed by atoms with Crippen LogP contribution in [0.25, 0.3) is 0 Å². The number of sulfonamides is 1. The summed E-state index contributed by atoms with van der Waals surface area (Å²) in [6, 6.07) is 6.22. The smallest absolute Gasteiger partial charge is 0.236 e. The molecule has 0 spiro atoms. The normalized spacial score (nSPS) is 18.0. The van der Waals surface area contributed by atoms with Crippen molar-refractivity contribution >= 4 is 15.9 Å². The summed E-state index contributed by atoms with van der Waals surface area (Å²) >= 11 is 0. The first kappa shape index (κ1) is 18.8. The molecule has 8 heteroatoms. The van der Waals surface area contributed by atoms with Gasteiger partial charge in [-0.1, -0.05) is 12.1 Å². The van der Waals surface area contributed by atoms with E-state index in [1.54, 1.807) is 17.0 Å². The average Bonchev–Trinajstić information content (AvgIpc) is 2.54. The van der Waals surface area contributed by atoms with E-state index >= 15 is 0 Å². The number of benzene rings is 1. The fraction of sp³-hybridized carbons (Fsp3) is 0.562. The molecule has 0 saturated carbocycles. The van der Waals surface area contributed by atoms with Crippen LogP contribution in [0.15, 0.2) is 24.3 Å². The van der Waals surface area contributed by atoms with Crippen LogP contribution < -0.4 is 0 Å². The van der Waals surface area contributed by atoms with Gasteiger partial charge in [-0.05, 0) is 31.7 Å². The van der Waals surface area contributed by atoms with Crippen LogP contribution in [0.2, 0.25) is 0 Å². The molecule has 1 fully saturated rings. The highest BCUT2D eigenvalue weighted by Gasteiger charge is 2.27. The van der Waals surface area contributed by atoms with Crippen molar-refractivity contribution in [1.82, 2.24) is 14.1 Å². The number of hydrogen-bond acceptors (Lipinski definition) is 4. The van der Waals surface area contributed by atoms with Gasteiger partial charge >= 0.3 is 0 Å². The maximum absolute atomic E-state index is 13.0. The summed E-state index contributed by atoms with van der Waals surface area (Å²) in [7, 11) is -1.35. The van der Waals surface area contributed by atoms with Gasteiger partial charge in [0.15, 0.2) is 0 Å². The van der Waals surface area contributed by atoms with Crippen molar-refractivity contribution in [3.8, 4) is 0 Å². The van der Waals surface area contributed by atoms with Crippen molar-refractivity contribution < 1.29 is 17.6 Å². The minimum atomic E-state index is -3.20. The fourth-order valence-electron chi connectivity index (χ4n) is 2.72. The van der Waals surface area contributed by atoms with E-state index in [2.05, 4.69) is 0 Å². The molecule has 0 bridgehead atoms. The van der Waals surface area contributed by atoms with Crippen LogP contribution in [0.3, 0.4) is 0 Å². The Morgan fingerprint density at radius 1 is 1.21 bits per heavy atom. The second kappa shape index (κ2) is 7.58. The van der Waals surface area contributed by atoms with E-state index in [-0.39, 0.29) is 24.3 Å². The highest BCUT2D eigenvalue weighted by molar-refractivity contribution is 7.88. The first-order chi connectivity index (χ1) is 11.2. The Labute approximate surface area is 142 Å². The Hall–Kier alpha value is -1.51. The van der Waals surface area contributed by atoms with Gasteiger partial charge < -0.3 is 4.90 Å². The van der Waals surface area contributed by atoms with Crippen LogP contribution in [0.4, 0.5) is 4.39 Å². The van der Waals surface area contributed by atoms with E-state index < -0.39 is 10.0 Å². The van der Waals surface area contributed by atoms with Gasteiger partial charge in [0.05, 0.1) is 12.8 Å². The van der Waals surface area contributed by atoms with Crippen molar-refractivity contribution in [2.24, 2.45) is 0 Å². The van der Waals surface area contributed by atoms with Gasteiger partial charge in [0.1, 0.15) is 5.82 Å². The zero-order valence-corrected chi connectivity index (χ0v) is 15.1. The van der Waals surface area contributed by atoms with E-state index in [1.165, 1.54) is 22.7 Å². The Bertz CT molecular complexity index is 670. The predicted molar refractivity (Wildman–Crippen MR) is 90.4 cm³/mol. The maximum Gasteiger partial charge on any atom is 0.236 e. The molecule has 0 aromatic heterocycles. The Morgan fingerprint density at radius 2 is 1.75 bits per heavy atom. The van der Waals surface area contributed by atoms with Crippen LogP contribution in [0.1, 0.15) is 18.5 Å². The van der Waals surface area contributed by atoms with E-state index in [1.807, 2.05) is 18.9 Å². The fourth-order valence-corrected chi connectivity index (χ4v) is 3.54. The summed E-state index contributed by atoms with van der Waals surface area (Å²) < 4.78 is 37.4. The van der Waals surface area contributed by atoms with E-state index in [9.17, 15) is 17.6 Å². The van der Waals surface area contributed by atoms with Crippen LogP contribution in [-0.4, -0.2) is 74.5 Å². The minimum absolute atomic E-state index is 0.0214. The summed E-state index contributed by atoms with van der Waals surface area (Å²) in [5.74, 6) is -0.312. The van der Waals surface area contributed by atoms with Crippen molar-refractivity contribution in [3.05, 3.63) is 35.6 Å². The molecule has 0 radical (unpaired) electrons. The van der Waals surface area contributed by atoms with Crippen molar-refractivity contribution in [3.63, 3.8) is 0 Å². The molecular formula is C16H24FN3O3S. The number of nitrogens with zero attached hydrogens (tertiary/aromatic N) is 3. The summed E-state index contributed by atoms with van der Waals surface area (Å²) in [4.78, 5) is 16.0. The Balaban J connectivity index is 1.89. The molecule has 1 atom stereocenters. The van der Waals surface area contributed by atoms with Crippen molar-refractivity contribution in [2.75, 3.05) is 46.0 Å². The maximum atomic E-state index is 13.0. The van der Waals surface area contributed by atoms with Crippen LogP contribution in [0.5, 0.6) is 0 Å². The lowest BCUT2D eigenvalue weighted by Gasteiger charge is -2.35. The predicted octanol–water partition coefficient (Wildman–Crippen LogP) is 0.922. The topological polar surface area (TPSA) is 60.9 Å². The summed E-state index contributed by atoms with van der Waals surface area (Å²) in [6.45, 7) is 3.68. The van der Waals surface area contributed by atoms with Gasteiger partial charge in [-0.15, -0.1) is 0 Å². The van der Waals surface area contributed by atoms with Gasteiger partial charge in [0.25, 0.3) is 0 Å². The lowest BCUT2D eigenvalue weighted by Crippen LogP contribution is -2.52. The zero-order valence-electron chi connectivity index (χ0n) is 14.3. The van der Waals surface area contributed by atoms with Crippen molar-refractivity contribution in [2.45, 2.75) is 13.0 Å². The van der Waals surface area contributed by atoms with Gasteiger partial charge in [-0.2, -0.15) is 4.31 Å². The molecule has 6 nitrogen and oxygen atoms in total. The zero-order chi connectivity index (χ0) is 17.9. The largest absolute Gasteiger partial charge is 0.339 e. The molecule has 1 aromatic rings. The highest BCUT2D eigenvalue weighted by Crippen LogP contribution is 2.19. The number of hydrogen-bond donors (Lipinski definition) is 0. The third-order valence-corrected chi connectivity index (χ3v) is 5.76.